The van der Waals surface area contributed by atoms with Crippen molar-refractivity contribution >= 4 is 18.0 Å². The molecule has 0 aromatic rings. The summed E-state index contributed by atoms with van der Waals surface area (Å²) in [6.45, 7) is 10.7. The Morgan fingerprint density at radius 3 is 2.24 bits per heavy atom. The van der Waals surface area contributed by atoms with Crippen molar-refractivity contribution in [3.63, 3.8) is 0 Å². The van der Waals surface area contributed by atoms with Gasteiger partial charge in [0.2, 0.25) is 0 Å². The summed E-state index contributed by atoms with van der Waals surface area (Å²) >= 11 is 0. The van der Waals surface area contributed by atoms with Crippen molar-refractivity contribution in [2.45, 2.75) is 86.0 Å². The first kappa shape index (κ1) is 27.2. The fraction of sp³-hybridized carbons (Fsp3) is 0.864. The van der Waals surface area contributed by atoms with Gasteiger partial charge in [0.25, 0.3) is 0 Å². The average Bonchev–Trinajstić information content (AvgIpc) is 2.67. The minimum absolute atomic E-state index is 0.116. The lowest BCUT2D eigenvalue weighted by molar-refractivity contribution is -0.152. The highest BCUT2D eigenvalue weighted by molar-refractivity contribution is 5.75. The second-order valence-electron chi connectivity index (χ2n) is 8.36. The van der Waals surface area contributed by atoms with Gasteiger partial charge in [-0.3, -0.25) is 9.59 Å². The first-order chi connectivity index (χ1) is 13.7. The molecule has 7 heteroatoms. The SMILES string of the molecule is CCCCC(CC)COC(=O)CCCCCOC(=O)NCCOC(=O)C(C)(C)C. The van der Waals surface area contributed by atoms with E-state index in [-0.39, 0.29) is 31.7 Å². The van der Waals surface area contributed by atoms with Gasteiger partial charge in [-0.1, -0.05) is 33.1 Å². The number of rotatable bonds is 15. The van der Waals surface area contributed by atoms with Crippen LogP contribution in [0.25, 0.3) is 0 Å². The van der Waals surface area contributed by atoms with Gasteiger partial charge in [0, 0.05) is 6.42 Å². The number of carbonyl (C=O) groups excluding carboxylic acids is 3. The van der Waals surface area contributed by atoms with E-state index in [0.29, 0.717) is 25.4 Å². The molecular formula is C22H41NO6. The molecule has 1 atom stereocenters. The molecule has 0 aliphatic carbocycles. The van der Waals surface area contributed by atoms with Crippen LogP contribution in [-0.4, -0.2) is 44.4 Å². The topological polar surface area (TPSA) is 90.9 Å². The van der Waals surface area contributed by atoms with Crippen molar-refractivity contribution in [1.82, 2.24) is 5.32 Å². The molecule has 0 aromatic heterocycles. The molecule has 0 fully saturated rings. The largest absolute Gasteiger partial charge is 0.465 e. The van der Waals surface area contributed by atoms with Crippen LogP contribution in [0.15, 0.2) is 0 Å². The van der Waals surface area contributed by atoms with Crippen molar-refractivity contribution in [3.8, 4) is 0 Å². The van der Waals surface area contributed by atoms with Crippen LogP contribution >= 0.6 is 0 Å². The van der Waals surface area contributed by atoms with Gasteiger partial charge in [0.15, 0.2) is 0 Å². The summed E-state index contributed by atoms with van der Waals surface area (Å²) in [5, 5.41) is 2.53. The molecule has 0 radical (unpaired) electrons. The van der Waals surface area contributed by atoms with E-state index in [1.807, 2.05) is 0 Å². The summed E-state index contributed by atoms with van der Waals surface area (Å²) in [6.07, 6.45) is 6.54. The second-order valence-corrected chi connectivity index (χ2v) is 8.36. The lowest BCUT2D eigenvalue weighted by Crippen LogP contribution is -2.31. The van der Waals surface area contributed by atoms with E-state index in [9.17, 15) is 14.4 Å². The Hall–Kier alpha value is -1.79. The highest BCUT2D eigenvalue weighted by atomic mass is 16.6. The molecular weight excluding hydrogens is 374 g/mol. The van der Waals surface area contributed by atoms with Crippen LogP contribution in [0.4, 0.5) is 4.79 Å². The normalized spacial score (nSPS) is 12.2. The Morgan fingerprint density at radius 1 is 0.897 bits per heavy atom. The molecule has 170 valence electrons. The van der Waals surface area contributed by atoms with Crippen LogP contribution in [-0.2, 0) is 23.8 Å². The number of hydrogen-bond acceptors (Lipinski definition) is 6. The summed E-state index contributed by atoms with van der Waals surface area (Å²) in [5.41, 5.74) is -0.556. The molecule has 0 saturated heterocycles. The molecule has 0 heterocycles. The molecule has 7 nitrogen and oxygen atoms in total. The first-order valence-electron chi connectivity index (χ1n) is 10.9. The average molecular weight is 416 g/mol. The molecule has 0 spiro atoms. The lowest BCUT2D eigenvalue weighted by Gasteiger charge is -2.16. The Balaban J connectivity index is 3.60. The predicted molar refractivity (Wildman–Crippen MR) is 112 cm³/mol. The fourth-order valence-electron chi connectivity index (χ4n) is 2.46. The van der Waals surface area contributed by atoms with Crippen molar-refractivity contribution < 1.29 is 28.6 Å². The Labute approximate surface area is 176 Å². The van der Waals surface area contributed by atoms with E-state index in [2.05, 4.69) is 19.2 Å². The van der Waals surface area contributed by atoms with Gasteiger partial charge in [0.1, 0.15) is 6.61 Å². The first-order valence-corrected chi connectivity index (χ1v) is 10.9. The molecule has 1 N–H and O–H groups in total. The van der Waals surface area contributed by atoms with Crippen LogP contribution in [0.3, 0.4) is 0 Å². The lowest BCUT2D eigenvalue weighted by atomic mass is 9.97. The number of amides is 1. The van der Waals surface area contributed by atoms with E-state index in [0.717, 1.165) is 32.1 Å². The van der Waals surface area contributed by atoms with Crippen molar-refractivity contribution in [1.29, 1.82) is 0 Å². The van der Waals surface area contributed by atoms with E-state index < -0.39 is 11.5 Å². The number of unbranched alkanes of at least 4 members (excludes halogenated alkanes) is 3. The molecule has 1 unspecified atom stereocenters. The summed E-state index contributed by atoms with van der Waals surface area (Å²) in [6, 6.07) is 0. The summed E-state index contributed by atoms with van der Waals surface area (Å²) in [5.74, 6) is 0.00331. The predicted octanol–water partition coefficient (Wildman–Crippen LogP) is 4.62. The zero-order chi connectivity index (χ0) is 22.1. The van der Waals surface area contributed by atoms with Gasteiger partial charge < -0.3 is 19.5 Å². The Morgan fingerprint density at radius 2 is 1.62 bits per heavy atom. The molecule has 0 saturated carbocycles. The molecule has 0 bridgehead atoms. The van der Waals surface area contributed by atoms with Crippen LogP contribution in [0.5, 0.6) is 0 Å². The van der Waals surface area contributed by atoms with E-state index in [1.165, 1.54) is 6.42 Å². The number of esters is 2. The van der Waals surface area contributed by atoms with Crippen LogP contribution in [0.1, 0.15) is 86.0 Å². The van der Waals surface area contributed by atoms with Crippen molar-refractivity contribution in [2.75, 3.05) is 26.4 Å². The smallest absolute Gasteiger partial charge is 0.407 e. The zero-order valence-corrected chi connectivity index (χ0v) is 19.0. The van der Waals surface area contributed by atoms with Crippen molar-refractivity contribution in [2.24, 2.45) is 11.3 Å². The van der Waals surface area contributed by atoms with Gasteiger partial charge in [0.05, 0.1) is 25.2 Å². The number of ether oxygens (including phenoxy) is 3. The summed E-state index contributed by atoms with van der Waals surface area (Å²) in [7, 11) is 0. The van der Waals surface area contributed by atoms with Crippen LogP contribution < -0.4 is 5.32 Å². The molecule has 1 amide bonds. The molecule has 0 aliphatic heterocycles. The third-order valence-electron chi connectivity index (χ3n) is 4.50. The number of carbonyl (C=O) groups is 3. The zero-order valence-electron chi connectivity index (χ0n) is 19.0. The standard InChI is InChI=1S/C22H41NO6/c1-6-8-12-18(7-2)17-29-19(24)13-10-9-11-15-28-21(26)23-14-16-27-20(25)22(3,4)5/h18H,6-17H2,1-5H3,(H,23,26). The van der Waals surface area contributed by atoms with Crippen molar-refractivity contribution in [3.05, 3.63) is 0 Å². The minimum Gasteiger partial charge on any atom is -0.465 e. The maximum Gasteiger partial charge on any atom is 0.407 e. The highest BCUT2D eigenvalue weighted by Crippen LogP contribution is 2.15. The van der Waals surface area contributed by atoms with E-state index >= 15 is 0 Å². The van der Waals surface area contributed by atoms with Gasteiger partial charge >= 0.3 is 18.0 Å². The third kappa shape index (κ3) is 15.8. The van der Waals surface area contributed by atoms with Crippen LogP contribution in [0.2, 0.25) is 0 Å². The summed E-state index contributed by atoms with van der Waals surface area (Å²) < 4.78 is 15.5. The number of hydrogen-bond donors (Lipinski definition) is 1. The summed E-state index contributed by atoms with van der Waals surface area (Å²) in [4.78, 5) is 34.9. The second kappa shape index (κ2) is 16.1. The highest BCUT2D eigenvalue weighted by Gasteiger charge is 2.22. The quantitative estimate of drug-likeness (QED) is 0.238. The van der Waals surface area contributed by atoms with Gasteiger partial charge in [-0.15, -0.1) is 0 Å². The number of alkyl carbamates (subject to hydrolysis) is 1. The van der Waals surface area contributed by atoms with Gasteiger partial charge in [-0.25, -0.2) is 4.79 Å². The maximum absolute atomic E-state index is 11.8. The molecule has 0 rings (SSSR count). The molecule has 0 aromatic carbocycles. The minimum atomic E-state index is -0.556. The third-order valence-corrected chi connectivity index (χ3v) is 4.50. The Kier molecular flexibility index (Phi) is 15.1. The van der Waals surface area contributed by atoms with E-state index in [4.69, 9.17) is 14.2 Å². The maximum atomic E-state index is 11.8. The van der Waals surface area contributed by atoms with E-state index in [1.54, 1.807) is 20.8 Å². The molecule has 0 aliphatic rings. The number of nitrogens with one attached hydrogen (secondary N) is 1. The van der Waals surface area contributed by atoms with Gasteiger partial charge in [-0.05, 0) is 52.4 Å². The fourth-order valence-corrected chi connectivity index (χ4v) is 2.46. The van der Waals surface area contributed by atoms with Gasteiger partial charge in [-0.2, -0.15) is 0 Å². The molecule has 29 heavy (non-hydrogen) atoms. The Bertz CT molecular complexity index is 472. The van der Waals surface area contributed by atoms with Crippen LogP contribution in [0, 0.1) is 11.3 Å². The monoisotopic (exact) mass is 415 g/mol.